The summed E-state index contributed by atoms with van der Waals surface area (Å²) < 4.78 is 2.46. The van der Waals surface area contributed by atoms with Gasteiger partial charge in [-0.2, -0.15) is 5.10 Å². The predicted octanol–water partition coefficient (Wildman–Crippen LogP) is 1.81. The number of nitrogens with zero attached hydrogens (tertiary/aromatic N) is 2. The van der Waals surface area contributed by atoms with Crippen LogP contribution < -0.4 is 0 Å². The smallest absolute Gasteiger partial charge is 0.179 e. The second-order valence-corrected chi connectivity index (χ2v) is 3.90. The molecule has 13 heavy (non-hydrogen) atoms. The summed E-state index contributed by atoms with van der Waals surface area (Å²) in [6, 6.07) is 0. The van der Waals surface area contributed by atoms with Gasteiger partial charge in [0.1, 0.15) is 16.6 Å². The molecule has 1 aromatic heterocycles. The molecule has 0 saturated heterocycles. The molecule has 0 aliphatic carbocycles. The van der Waals surface area contributed by atoms with Crippen molar-refractivity contribution in [3.8, 4) is 0 Å². The molecule has 0 bridgehead atoms. The number of aromatic nitrogens is 2. The second kappa shape index (κ2) is 4.15. The van der Waals surface area contributed by atoms with Crippen LogP contribution in [0.2, 0.25) is 0 Å². The Morgan fingerprint density at radius 3 is 2.69 bits per heavy atom. The summed E-state index contributed by atoms with van der Waals surface area (Å²) in [4.78, 5) is 21.4. The molecule has 0 radical (unpaired) electrons. The standard InChI is InChI=1S/C7H6Br2N2O2/c1-4(13)6-5(8)7(9)10-11(6)2-3-12/h3H,2H2,1H3. The molecule has 0 amide bonds. The first kappa shape index (κ1) is 10.6. The van der Waals surface area contributed by atoms with Crippen molar-refractivity contribution < 1.29 is 9.59 Å². The van der Waals surface area contributed by atoms with E-state index in [0.717, 1.165) is 0 Å². The first-order valence-electron chi connectivity index (χ1n) is 3.44. The van der Waals surface area contributed by atoms with Gasteiger partial charge in [-0.1, -0.05) is 0 Å². The number of hydrogen-bond acceptors (Lipinski definition) is 3. The molecule has 6 heteroatoms. The van der Waals surface area contributed by atoms with Crippen molar-refractivity contribution in [1.29, 1.82) is 0 Å². The van der Waals surface area contributed by atoms with Crippen LogP contribution in [0.4, 0.5) is 0 Å². The monoisotopic (exact) mass is 308 g/mol. The molecule has 0 aliphatic heterocycles. The molecule has 70 valence electrons. The summed E-state index contributed by atoms with van der Waals surface area (Å²) in [5.41, 5.74) is 0.402. The van der Waals surface area contributed by atoms with Crippen molar-refractivity contribution in [2.75, 3.05) is 0 Å². The highest BCUT2D eigenvalue weighted by Gasteiger charge is 2.16. The Morgan fingerprint density at radius 2 is 2.23 bits per heavy atom. The van der Waals surface area contributed by atoms with Crippen molar-refractivity contribution >= 4 is 43.9 Å². The summed E-state index contributed by atoms with van der Waals surface area (Å²) in [5, 5.41) is 3.96. The van der Waals surface area contributed by atoms with Gasteiger partial charge in [0.05, 0.1) is 11.0 Å². The van der Waals surface area contributed by atoms with E-state index in [1.54, 1.807) is 0 Å². The van der Waals surface area contributed by atoms with Gasteiger partial charge in [0, 0.05) is 6.92 Å². The van der Waals surface area contributed by atoms with Crippen LogP contribution in [-0.2, 0) is 11.3 Å². The van der Waals surface area contributed by atoms with Gasteiger partial charge in [0.2, 0.25) is 0 Å². The summed E-state index contributed by atoms with van der Waals surface area (Å²) in [6.45, 7) is 1.51. The SMILES string of the molecule is CC(=O)c1c(Br)c(Br)nn1CC=O. The zero-order valence-corrected chi connectivity index (χ0v) is 9.92. The number of ketones is 1. The van der Waals surface area contributed by atoms with Crippen LogP contribution in [0.15, 0.2) is 9.08 Å². The van der Waals surface area contributed by atoms with E-state index in [4.69, 9.17) is 0 Å². The van der Waals surface area contributed by atoms with Crippen LogP contribution >= 0.6 is 31.9 Å². The van der Waals surface area contributed by atoms with E-state index in [2.05, 4.69) is 37.0 Å². The molecule has 4 nitrogen and oxygen atoms in total. The van der Waals surface area contributed by atoms with Gasteiger partial charge in [-0.15, -0.1) is 0 Å². The highest BCUT2D eigenvalue weighted by Crippen LogP contribution is 2.26. The molecule has 0 fully saturated rings. The molecule has 0 atom stereocenters. The Morgan fingerprint density at radius 1 is 1.62 bits per heavy atom. The predicted molar refractivity (Wildman–Crippen MR) is 53.7 cm³/mol. The van der Waals surface area contributed by atoms with Crippen LogP contribution in [0.1, 0.15) is 17.4 Å². The average molecular weight is 310 g/mol. The highest BCUT2D eigenvalue weighted by molar-refractivity contribution is 9.13. The van der Waals surface area contributed by atoms with Crippen LogP contribution in [0.3, 0.4) is 0 Å². The zero-order valence-electron chi connectivity index (χ0n) is 6.75. The van der Waals surface area contributed by atoms with Crippen molar-refractivity contribution in [3.05, 3.63) is 14.8 Å². The fraction of sp³-hybridized carbons (Fsp3) is 0.286. The van der Waals surface area contributed by atoms with Crippen molar-refractivity contribution in [3.63, 3.8) is 0 Å². The van der Waals surface area contributed by atoms with Gasteiger partial charge in [-0.25, -0.2) is 0 Å². The number of carbonyl (C=O) groups is 2. The van der Waals surface area contributed by atoms with Gasteiger partial charge in [0.15, 0.2) is 5.78 Å². The number of rotatable bonds is 3. The summed E-state index contributed by atoms with van der Waals surface area (Å²) in [5.74, 6) is -0.132. The van der Waals surface area contributed by atoms with E-state index in [1.165, 1.54) is 11.6 Å². The minimum atomic E-state index is -0.132. The van der Waals surface area contributed by atoms with Crippen LogP contribution in [0, 0.1) is 0 Å². The minimum absolute atomic E-state index is 0.0825. The van der Waals surface area contributed by atoms with E-state index in [9.17, 15) is 9.59 Å². The Bertz CT molecular complexity index is 360. The van der Waals surface area contributed by atoms with E-state index in [1.807, 2.05) is 0 Å². The van der Waals surface area contributed by atoms with Crippen LogP contribution in [0.5, 0.6) is 0 Å². The van der Waals surface area contributed by atoms with Crippen molar-refractivity contribution in [2.24, 2.45) is 0 Å². The second-order valence-electron chi connectivity index (χ2n) is 2.36. The van der Waals surface area contributed by atoms with Crippen molar-refractivity contribution in [2.45, 2.75) is 13.5 Å². The van der Waals surface area contributed by atoms with E-state index < -0.39 is 0 Å². The van der Waals surface area contributed by atoms with Crippen LogP contribution in [0.25, 0.3) is 0 Å². The molecule has 1 aromatic rings. The normalized spacial score (nSPS) is 10.1. The number of Topliss-reactive ketones (excluding diaryl/α,β-unsaturated/α-hetero) is 1. The van der Waals surface area contributed by atoms with E-state index in [0.29, 0.717) is 21.1 Å². The van der Waals surface area contributed by atoms with Gasteiger partial charge in [-0.05, 0) is 31.9 Å². The molecule has 0 saturated carbocycles. The third-order valence-electron chi connectivity index (χ3n) is 1.44. The first-order chi connectivity index (χ1) is 6.07. The Hall–Kier alpha value is -0.490. The lowest BCUT2D eigenvalue weighted by molar-refractivity contribution is -0.108. The first-order valence-corrected chi connectivity index (χ1v) is 5.03. The summed E-state index contributed by atoms with van der Waals surface area (Å²) >= 11 is 6.36. The number of halogens is 2. The Kier molecular flexibility index (Phi) is 3.38. The van der Waals surface area contributed by atoms with Gasteiger partial charge < -0.3 is 4.79 Å². The topological polar surface area (TPSA) is 52.0 Å². The summed E-state index contributed by atoms with van der Waals surface area (Å²) in [6.07, 6.45) is 0.693. The lowest BCUT2D eigenvalue weighted by atomic mass is 10.3. The molecule has 0 aromatic carbocycles. The number of carbonyl (C=O) groups excluding carboxylic acids is 2. The lowest BCUT2D eigenvalue weighted by Gasteiger charge is -1.98. The third-order valence-corrected chi connectivity index (χ3v) is 3.27. The van der Waals surface area contributed by atoms with Gasteiger partial charge in [0.25, 0.3) is 0 Å². The maximum atomic E-state index is 11.1. The fourth-order valence-corrected chi connectivity index (χ4v) is 1.89. The third kappa shape index (κ3) is 2.05. The van der Waals surface area contributed by atoms with E-state index >= 15 is 0 Å². The molecule has 0 spiro atoms. The quantitative estimate of drug-likeness (QED) is 0.632. The summed E-state index contributed by atoms with van der Waals surface area (Å²) in [7, 11) is 0. The lowest BCUT2D eigenvalue weighted by Crippen LogP contribution is -2.09. The average Bonchev–Trinajstić information content (AvgIpc) is 2.28. The number of hydrogen-bond donors (Lipinski definition) is 0. The molecule has 0 N–H and O–H groups in total. The minimum Gasteiger partial charge on any atom is -0.301 e. The molecule has 1 heterocycles. The fourth-order valence-electron chi connectivity index (χ4n) is 0.950. The largest absolute Gasteiger partial charge is 0.301 e. The van der Waals surface area contributed by atoms with Gasteiger partial charge in [-0.3, -0.25) is 9.48 Å². The molecule has 0 aliphatic rings. The van der Waals surface area contributed by atoms with Gasteiger partial charge >= 0.3 is 0 Å². The maximum absolute atomic E-state index is 11.1. The zero-order chi connectivity index (χ0) is 10.0. The Labute approximate surface area is 91.6 Å². The highest BCUT2D eigenvalue weighted by atomic mass is 79.9. The molecule has 0 unspecified atom stereocenters. The van der Waals surface area contributed by atoms with E-state index in [-0.39, 0.29) is 12.3 Å². The number of aldehydes is 1. The van der Waals surface area contributed by atoms with Crippen molar-refractivity contribution in [1.82, 2.24) is 9.78 Å². The van der Waals surface area contributed by atoms with Crippen LogP contribution in [-0.4, -0.2) is 21.8 Å². The Balaban J connectivity index is 3.26. The molecular weight excluding hydrogens is 304 g/mol. The molecule has 1 rings (SSSR count). The molecular formula is C7H6Br2N2O2. The maximum Gasteiger partial charge on any atom is 0.179 e.